The fraction of sp³-hybridized carbons (Fsp3) is 0.833. The SMILES string of the molecule is CN(CC(=O)NC1CC1)C(=O)CN1CC[C@H](O)C1. The first-order valence-corrected chi connectivity index (χ1v) is 6.48. The Kier molecular flexibility index (Phi) is 4.19. The van der Waals surface area contributed by atoms with Gasteiger partial charge in [0.05, 0.1) is 19.2 Å². The van der Waals surface area contributed by atoms with Crippen molar-refractivity contribution >= 4 is 11.8 Å². The van der Waals surface area contributed by atoms with Crippen LogP contribution in [-0.4, -0.2) is 72.1 Å². The molecule has 102 valence electrons. The van der Waals surface area contributed by atoms with Gasteiger partial charge in [-0.3, -0.25) is 14.5 Å². The van der Waals surface area contributed by atoms with Gasteiger partial charge in [-0.25, -0.2) is 0 Å². The zero-order chi connectivity index (χ0) is 13.1. The molecule has 1 aliphatic carbocycles. The fourth-order valence-electron chi connectivity index (χ4n) is 2.07. The van der Waals surface area contributed by atoms with Crippen molar-refractivity contribution in [3.05, 3.63) is 0 Å². The molecule has 0 spiro atoms. The summed E-state index contributed by atoms with van der Waals surface area (Å²) < 4.78 is 0. The minimum absolute atomic E-state index is 0.0740. The Morgan fingerprint density at radius 3 is 2.67 bits per heavy atom. The van der Waals surface area contributed by atoms with Gasteiger partial charge in [-0.1, -0.05) is 0 Å². The van der Waals surface area contributed by atoms with Gasteiger partial charge in [0.2, 0.25) is 11.8 Å². The minimum Gasteiger partial charge on any atom is -0.392 e. The van der Waals surface area contributed by atoms with Crippen LogP contribution in [0.5, 0.6) is 0 Å². The number of rotatable bonds is 5. The van der Waals surface area contributed by atoms with Gasteiger partial charge in [0, 0.05) is 26.2 Å². The van der Waals surface area contributed by atoms with Gasteiger partial charge in [-0.05, 0) is 19.3 Å². The van der Waals surface area contributed by atoms with Crippen LogP contribution in [0.2, 0.25) is 0 Å². The van der Waals surface area contributed by atoms with Gasteiger partial charge in [-0.2, -0.15) is 0 Å². The molecule has 0 unspecified atom stereocenters. The average Bonchev–Trinajstić information content (AvgIpc) is 3.00. The van der Waals surface area contributed by atoms with Crippen LogP contribution in [0.25, 0.3) is 0 Å². The maximum absolute atomic E-state index is 11.9. The number of nitrogens with one attached hydrogen (secondary N) is 1. The number of β-amino-alcohol motifs (C(OH)–C–C–N with tert-alkyl or cyclic N) is 1. The zero-order valence-corrected chi connectivity index (χ0v) is 10.8. The molecule has 1 saturated carbocycles. The molecule has 0 radical (unpaired) electrons. The van der Waals surface area contributed by atoms with Crippen LogP contribution >= 0.6 is 0 Å². The lowest BCUT2D eigenvalue weighted by molar-refractivity contribution is -0.135. The third-order valence-corrected chi connectivity index (χ3v) is 3.36. The van der Waals surface area contributed by atoms with E-state index in [9.17, 15) is 14.7 Å². The van der Waals surface area contributed by atoms with Crippen LogP contribution in [0.1, 0.15) is 19.3 Å². The van der Waals surface area contributed by atoms with Crippen molar-refractivity contribution in [3.63, 3.8) is 0 Å². The quantitative estimate of drug-likeness (QED) is 0.646. The summed E-state index contributed by atoms with van der Waals surface area (Å²) in [7, 11) is 1.64. The van der Waals surface area contributed by atoms with Gasteiger partial charge in [0.1, 0.15) is 0 Å². The molecule has 6 heteroatoms. The van der Waals surface area contributed by atoms with Crippen molar-refractivity contribution in [1.29, 1.82) is 0 Å². The highest BCUT2D eigenvalue weighted by atomic mass is 16.3. The number of amides is 2. The molecule has 6 nitrogen and oxygen atoms in total. The van der Waals surface area contributed by atoms with Gasteiger partial charge in [-0.15, -0.1) is 0 Å². The molecule has 0 aromatic heterocycles. The fourth-order valence-corrected chi connectivity index (χ4v) is 2.07. The molecule has 2 fully saturated rings. The number of likely N-dealkylation sites (N-methyl/N-ethyl adjacent to an activating group) is 1. The summed E-state index contributed by atoms with van der Waals surface area (Å²) in [5, 5.41) is 12.2. The van der Waals surface area contributed by atoms with Crippen LogP contribution in [0.4, 0.5) is 0 Å². The molecule has 1 aliphatic heterocycles. The van der Waals surface area contributed by atoms with Crippen molar-refractivity contribution in [2.75, 3.05) is 33.2 Å². The lowest BCUT2D eigenvalue weighted by Gasteiger charge is -2.20. The van der Waals surface area contributed by atoms with Crippen molar-refractivity contribution in [1.82, 2.24) is 15.1 Å². The highest BCUT2D eigenvalue weighted by Gasteiger charge is 2.26. The van der Waals surface area contributed by atoms with Crippen LogP contribution in [0.15, 0.2) is 0 Å². The predicted octanol–water partition coefficient (Wildman–Crippen LogP) is -1.21. The summed E-state index contributed by atoms with van der Waals surface area (Å²) in [6, 6.07) is 0.328. The molecule has 2 rings (SSSR count). The molecule has 0 aromatic carbocycles. The molecule has 2 N–H and O–H groups in total. The van der Waals surface area contributed by atoms with E-state index < -0.39 is 0 Å². The number of aliphatic hydroxyl groups is 1. The van der Waals surface area contributed by atoms with E-state index in [1.807, 2.05) is 4.90 Å². The van der Waals surface area contributed by atoms with E-state index in [1.165, 1.54) is 4.90 Å². The Morgan fingerprint density at radius 2 is 2.11 bits per heavy atom. The molecule has 0 bridgehead atoms. The summed E-state index contributed by atoms with van der Waals surface area (Å²) in [6.45, 7) is 1.69. The lowest BCUT2D eigenvalue weighted by Crippen LogP contribution is -2.43. The topological polar surface area (TPSA) is 72.9 Å². The van der Waals surface area contributed by atoms with E-state index in [1.54, 1.807) is 7.05 Å². The molecule has 18 heavy (non-hydrogen) atoms. The Labute approximate surface area is 107 Å². The number of hydrogen-bond donors (Lipinski definition) is 2. The molecule has 2 amide bonds. The maximum atomic E-state index is 11.9. The summed E-state index contributed by atoms with van der Waals surface area (Å²) >= 11 is 0. The normalized spacial score (nSPS) is 24.0. The van der Waals surface area contributed by atoms with E-state index >= 15 is 0 Å². The number of aliphatic hydroxyl groups excluding tert-OH is 1. The van der Waals surface area contributed by atoms with E-state index in [4.69, 9.17) is 0 Å². The smallest absolute Gasteiger partial charge is 0.239 e. The highest BCUT2D eigenvalue weighted by Crippen LogP contribution is 2.18. The van der Waals surface area contributed by atoms with Crippen LogP contribution in [0.3, 0.4) is 0 Å². The van der Waals surface area contributed by atoms with Gasteiger partial charge in [0.15, 0.2) is 0 Å². The number of hydrogen-bond acceptors (Lipinski definition) is 4. The van der Waals surface area contributed by atoms with Crippen molar-refractivity contribution in [3.8, 4) is 0 Å². The molecular formula is C12H21N3O3. The Balaban J connectivity index is 1.68. The minimum atomic E-state index is -0.318. The van der Waals surface area contributed by atoms with E-state index in [0.717, 1.165) is 25.8 Å². The predicted molar refractivity (Wildman–Crippen MR) is 65.9 cm³/mol. The first-order chi connectivity index (χ1) is 8.54. The van der Waals surface area contributed by atoms with E-state index in [2.05, 4.69) is 5.32 Å². The molecule has 1 atom stereocenters. The summed E-state index contributed by atoms with van der Waals surface area (Å²) in [6.07, 6.45) is 2.50. The number of likely N-dealkylation sites (tertiary alicyclic amines) is 1. The second kappa shape index (κ2) is 5.67. The van der Waals surface area contributed by atoms with Crippen molar-refractivity contribution < 1.29 is 14.7 Å². The first kappa shape index (κ1) is 13.3. The van der Waals surface area contributed by atoms with Gasteiger partial charge in [0.25, 0.3) is 0 Å². The van der Waals surface area contributed by atoms with Crippen LogP contribution in [-0.2, 0) is 9.59 Å². The standard InChI is InChI=1S/C12H21N3O3/c1-14(7-11(17)13-9-2-3-9)12(18)8-15-5-4-10(16)6-15/h9-10,16H,2-8H2,1H3,(H,13,17)/t10-/m0/s1. The molecule has 2 aliphatic rings. The Bertz CT molecular complexity index is 331. The van der Waals surface area contributed by atoms with Gasteiger partial charge >= 0.3 is 0 Å². The Hall–Kier alpha value is -1.14. The van der Waals surface area contributed by atoms with E-state index in [0.29, 0.717) is 12.6 Å². The maximum Gasteiger partial charge on any atom is 0.239 e. The van der Waals surface area contributed by atoms with Crippen LogP contribution < -0.4 is 5.32 Å². The third kappa shape index (κ3) is 3.96. The number of carbonyl (C=O) groups excluding carboxylic acids is 2. The first-order valence-electron chi connectivity index (χ1n) is 6.48. The summed E-state index contributed by atoms with van der Waals surface area (Å²) in [5.41, 5.74) is 0. The molecule has 0 aromatic rings. The molecule has 1 saturated heterocycles. The number of nitrogens with zero attached hydrogens (tertiary/aromatic N) is 2. The molecule has 1 heterocycles. The van der Waals surface area contributed by atoms with E-state index in [-0.39, 0.29) is 31.0 Å². The lowest BCUT2D eigenvalue weighted by atomic mass is 10.3. The third-order valence-electron chi connectivity index (χ3n) is 3.36. The monoisotopic (exact) mass is 255 g/mol. The second-order valence-electron chi connectivity index (χ2n) is 5.27. The summed E-state index contributed by atoms with van der Waals surface area (Å²) in [5.74, 6) is -0.162. The summed E-state index contributed by atoms with van der Waals surface area (Å²) in [4.78, 5) is 26.8. The molecular weight excluding hydrogens is 234 g/mol. The average molecular weight is 255 g/mol. The van der Waals surface area contributed by atoms with Gasteiger partial charge < -0.3 is 15.3 Å². The number of carbonyl (C=O) groups is 2. The van der Waals surface area contributed by atoms with Crippen molar-refractivity contribution in [2.45, 2.75) is 31.4 Å². The zero-order valence-electron chi connectivity index (χ0n) is 10.8. The highest BCUT2D eigenvalue weighted by molar-refractivity contribution is 5.85. The largest absolute Gasteiger partial charge is 0.392 e. The Morgan fingerprint density at radius 1 is 1.39 bits per heavy atom. The van der Waals surface area contributed by atoms with Crippen LogP contribution in [0, 0.1) is 0 Å². The van der Waals surface area contributed by atoms with Crippen molar-refractivity contribution in [2.24, 2.45) is 0 Å². The second-order valence-corrected chi connectivity index (χ2v) is 5.27.